The van der Waals surface area contributed by atoms with Crippen molar-refractivity contribution < 1.29 is 9.90 Å². The van der Waals surface area contributed by atoms with Gasteiger partial charge in [0.2, 0.25) is 5.91 Å². The average Bonchev–Trinajstić information content (AvgIpc) is 2.05. The predicted octanol–water partition coefficient (Wildman–Crippen LogP) is 0.627. The molecule has 0 aromatic rings. The summed E-state index contributed by atoms with van der Waals surface area (Å²) in [5, 5.41) is 9.07. The fourth-order valence-corrected chi connectivity index (χ4v) is 1.52. The Bertz CT molecular complexity index is 171. The van der Waals surface area contributed by atoms with E-state index in [9.17, 15) is 4.79 Å². The molecule has 1 aliphatic heterocycles. The first kappa shape index (κ1) is 9.52. The van der Waals surface area contributed by atoms with Gasteiger partial charge in [0.25, 0.3) is 0 Å². The second-order valence-electron chi connectivity index (χ2n) is 3.97. The van der Waals surface area contributed by atoms with E-state index < -0.39 is 0 Å². The number of nitrogens with zero attached hydrogens (tertiary/aromatic N) is 1. The fourth-order valence-electron chi connectivity index (χ4n) is 1.52. The number of carbonyl (C=O) groups excluding carboxylic acids is 1. The van der Waals surface area contributed by atoms with Crippen LogP contribution in [0.1, 0.15) is 26.7 Å². The molecule has 0 aromatic heterocycles. The Hall–Kier alpha value is -0.570. The van der Waals surface area contributed by atoms with Crippen molar-refractivity contribution >= 4 is 5.91 Å². The van der Waals surface area contributed by atoms with Gasteiger partial charge in [0, 0.05) is 26.6 Å². The van der Waals surface area contributed by atoms with Crippen LogP contribution in [0.15, 0.2) is 0 Å². The predicted molar refractivity (Wildman–Crippen MR) is 46.7 cm³/mol. The number of amides is 1. The number of piperidine rings is 1. The summed E-state index contributed by atoms with van der Waals surface area (Å²) in [6.45, 7) is 5.50. The Morgan fingerprint density at radius 1 is 1.50 bits per heavy atom. The number of rotatable bonds is 1. The first-order chi connectivity index (χ1) is 5.57. The van der Waals surface area contributed by atoms with Crippen LogP contribution < -0.4 is 0 Å². The van der Waals surface area contributed by atoms with Gasteiger partial charge in [0.15, 0.2) is 0 Å². The number of likely N-dealkylation sites (tertiary alicyclic amines) is 1. The highest BCUT2D eigenvalue weighted by Gasteiger charge is 2.29. The van der Waals surface area contributed by atoms with E-state index in [1.165, 1.54) is 0 Å². The second kappa shape index (κ2) is 3.44. The van der Waals surface area contributed by atoms with Gasteiger partial charge in [0.1, 0.15) is 0 Å². The van der Waals surface area contributed by atoms with Crippen molar-refractivity contribution in [3.8, 4) is 0 Å². The molecule has 12 heavy (non-hydrogen) atoms. The molecule has 0 saturated carbocycles. The lowest BCUT2D eigenvalue weighted by molar-refractivity contribution is -0.131. The molecule has 0 aromatic carbocycles. The standard InChI is InChI=1S/C9H17NO2/c1-8(12)10-5-3-9(2,7-11)4-6-10/h11H,3-7H2,1-2H3. The molecule has 1 saturated heterocycles. The van der Waals surface area contributed by atoms with Crippen molar-refractivity contribution in [1.29, 1.82) is 0 Å². The van der Waals surface area contributed by atoms with E-state index in [4.69, 9.17) is 5.11 Å². The van der Waals surface area contributed by atoms with E-state index in [1.54, 1.807) is 6.92 Å². The number of hydrogen-bond donors (Lipinski definition) is 1. The molecule has 0 bridgehead atoms. The van der Waals surface area contributed by atoms with E-state index in [0.29, 0.717) is 0 Å². The molecule has 3 nitrogen and oxygen atoms in total. The van der Waals surface area contributed by atoms with E-state index >= 15 is 0 Å². The Morgan fingerprint density at radius 2 is 2.00 bits per heavy atom. The number of hydrogen-bond acceptors (Lipinski definition) is 2. The zero-order valence-corrected chi connectivity index (χ0v) is 7.84. The maximum absolute atomic E-state index is 11.0. The maximum Gasteiger partial charge on any atom is 0.219 e. The molecule has 1 amide bonds. The lowest BCUT2D eigenvalue weighted by Gasteiger charge is -2.37. The van der Waals surface area contributed by atoms with Gasteiger partial charge in [-0.1, -0.05) is 6.92 Å². The van der Waals surface area contributed by atoms with Gasteiger partial charge in [-0.25, -0.2) is 0 Å². The largest absolute Gasteiger partial charge is 0.396 e. The molecule has 3 heteroatoms. The van der Waals surface area contributed by atoms with Crippen LogP contribution in [-0.2, 0) is 4.79 Å². The van der Waals surface area contributed by atoms with Crippen molar-refractivity contribution in [2.45, 2.75) is 26.7 Å². The summed E-state index contributed by atoms with van der Waals surface area (Å²) >= 11 is 0. The third-order valence-corrected chi connectivity index (χ3v) is 2.80. The maximum atomic E-state index is 11.0. The van der Waals surface area contributed by atoms with Gasteiger partial charge < -0.3 is 10.0 Å². The summed E-state index contributed by atoms with van der Waals surface area (Å²) in [6.07, 6.45) is 1.84. The minimum absolute atomic E-state index is 0.0476. The van der Waals surface area contributed by atoms with Crippen LogP contribution in [0.2, 0.25) is 0 Å². The lowest BCUT2D eigenvalue weighted by atomic mass is 9.81. The molecular weight excluding hydrogens is 154 g/mol. The van der Waals surface area contributed by atoms with Crippen LogP contribution in [-0.4, -0.2) is 35.6 Å². The number of aliphatic hydroxyl groups is 1. The summed E-state index contributed by atoms with van der Waals surface area (Å²) in [5.74, 6) is 0.148. The molecule has 1 heterocycles. The third kappa shape index (κ3) is 1.97. The normalized spacial score (nSPS) is 22.4. The van der Waals surface area contributed by atoms with Crippen LogP contribution in [0.25, 0.3) is 0 Å². The highest BCUT2D eigenvalue weighted by atomic mass is 16.3. The minimum atomic E-state index is 0.0476. The minimum Gasteiger partial charge on any atom is -0.396 e. The van der Waals surface area contributed by atoms with Gasteiger partial charge in [-0.3, -0.25) is 4.79 Å². The molecule has 1 fully saturated rings. The zero-order valence-electron chi connectivity index (χ0n) is 7.84. The molecule has 0 atom stereocenters. The highest BCUT2D eigenvalue weighted by molar-refractivity contribution is 5.73. The average molecular weight is 171 g/mol. The van der Waals surface area contributed by atoms with Crippen molar-refractivity contribution in [3.63, 3.8) is 0 Å². The summed E-state index contributed by atoms with van der Waals surface area (Å²) in [4.78, 5) is 12.8. The number of carbonyl (C=O) groups is 1. The molecular formula is C9H17NO2. The molecule has 0 aliphatic carbocycles. The molecule has 1 aliphatic rings. The third-order valence-electron chi connectivity index (χ3n) is 2.80. The Labute approximate surface area is 73.4 Å². The van der Waals surface area contributed by atoms with Crippen molar-refractivity contribution in [1.82, 2.24) is 4.90 Å². The van der Waals surface area contributed by atoms with Gasteiger partial charge >= 0.3 is 0 Å². The van der Waals surface area contributed by atoms with E-state index in [2.05, 4.69) is 6.92 Å². The summed E-state index contributed by atoms with van der Waals surface area (Å²) in [6, 6.07) is 0. The highest BCUT2D eigenvalue weighted by Crippen LogP contribution is 2.29. The zero-order chi connectivity index (χ0) is 9.19. The van der Waals surface area contributed by atoms with Crippen LogP contribution in [0, 0.1) is 5.41 Å². The van der Waals surface area contributed by atoms with Gasteiger partial charge in [-0.2, -0.15) is 0 Å². The van der Waals surface area contributed by atoms with Crippen LogP contribution in [0.3, 0.4) is 0 Å². The smallest absolute Gasteiger partial charge is 0.219 e. The summed E-state index contributed by atoms with van der Waals surface area (Å²) in [5.41, 5.74) is 0.0476. The van der Waals surface area contributed by atoms with Gasteiger partial charge in [0.05, 0.1) is 0 Å². The summed E-state index contributed by atoms with van der Waals surface area (Å²) < 4.78 is 0. The van der Waals surface area contributed by atoms with Crippen molar-refractivity contribution in [2.24, 2.45) is 5.41 Å². The summed E-state index contributed by atoms with van der Waals surface area (Å²) in [7, 11) is 0. The number of aliphatic hydroxyl groups excluding tert-OH is 1. The van der Waals surface area contributed by atoms with E-state index in [1.807, 2.05) is 4.90 Å². The van der Waals surface area contributed by atoms with E-state index in [-0.39, 0.29) is 17.9 Å². The second-order valence-corrected chi connectivity index (χ2v) is 3.97. The molecule has 0 radical (unpaired) electrons. The van der Waals surface area contributed by atoms with Gasteiger partial charge in [-0.05, 0) is 18.3 Å². The molecule has 1 N–H and O–H groups in total. The Morgan fingerprint density at radius 3 is 2.33 bits per heavy atom. The van der Waals surface area contributed by atoms with Gasteiger partial charge in [-0.15, -0.1) is 0 Å². The first-order valence-electron chi connectivity index (χ1n) is 4.44. The van der Waals surface area contributed by atoms with Crippen LogP contribution in [0.5, 0.6) is 0 Å². The molecule has 1 rings (SSSR count). The van der Waals surface area contributed by atoms with E-state index in [0.717, 1.165) is 25.9 Å². The SMILES string of the molecule is CC(=O)N1CCC(C)(CO)CC1. The monoisotopic (exact) mass is 171 g/mol. The van der Waals surface area contributed by atoms with Crippen LogP contribution >= 0.6 is 0 Å². The first-order valence-corrected chi connectivity index (χ1v) is 4.44. The van der Waals surface area contributed by atoms with Crippen molar-refractivity contribution in [3.05, 3.63) is 0 Å². The quantitative estimate of drug-likeness (QED) is 0.628. The molecule has 70 valence electrons. The Kier molecular flexibility index (Phi) is 2.73. The molecule has 0 unspecified atom stereocenters. The topological polar surface area (TPSA) is 40.5 Å². The Balaban J connectivity index is 2.44. The lowest BCUT2D eigenvalue weighted by Crippen LogP contribution is -2.42. The fraction of sp³-hybridized carbons (Fsp3) is 0.889. The van der Waals surface area contributed by atoms with Crippen LogP contribution in [0.4, 0.5) is 0 Å². The van der Waals surface area contributed by atoms with Crippen molar-refractivity contribution in [2.75, 3.05) is 19.7 Å². The molecule has 0 spiro atoms.